The number of fused-ring (bicyclic) bond motifs is 3. The van der Waals surface area contributed by atoms with E-state index in [9.17, 15) is 4.79 Å². The SMILES string of the molecule is CNc1nc2sc(-c3ccc(C(C)=O)cc3)nc2c2c1ncn2C. The second-order valence-electron chi connectivity index (χ2n) is 5.57. The van der Waals surface area contributed by atoms with Crippen LogP contribution in [0.25, 0.3) is 32.0 Å². The van der Waals surface area contributed by atoms with Crippen LogP contribution in [0.5, 0.6) is 0 Å². The zero-order valence-electron chi connectivity index (χ0n) is 13.5. The summed E-state index contributed by atoms with van der Waals surface area (Å²) in [7, 11) is 3.79. The Labute approximate surface area is 142 Å². The zero-order chi connectivity index (χ0) is 16.8. The van der Waals surface area contributed by atoms with Gasteiger partial charge >= 0.3 is 0 Å². The number of ketones is 1. The Bertz CT molecular complexity index is 1080. The minimum atomic E-state index is 0.0581. The maximum atomic E-state index is 11.4. The maximum Gasteiger partial charge on any atom is 0.159 e. The van der Waals surface area contributed by atoms with Crippen LogP contribution in [-0.2, 0) is 7.05 Å². The Morgan fingerprint density at radius 1 is 1.17 bits per heavy atom. The lowest BCUT2D eigenvalue weighted by molar-refractivity contribution is 0.101. The largest absolute Gasteiger partial charge is 0.371 e. The van der Waals surface area contributed by atoms with Gasteiger partial charge in [-0.05, 0) is 6.92 Å². The second kappa shape index (κ2) is 5.38. The third-order valence-corrected chi connectivity index (χ3v) is 4.98. The molecule has 6 nitrogen and oxygen atoms in total. The topological polar surface area (TPSA) is 72.7 Å². The first-order valence-corrected chi connectivity index (χ1v) is 8.31. The maximum absolute atomic E-state index is 11.4. The third kappa shape index (κ3) is 2.16. The monoisotopic (exact) mass is 337 g/mol. The van der Waals surface area contributed by atoms with Gasteiger partial charge in [-0.15, -0.1) is 0 Å². The van der Waals surface area contributed by atoms with Crippen molar-refractivity contribution in [2.24, 2.45) is 7.05 Å². The molecule has 0 amide bonds. The number of imidazole rings is 1. The number of carbonyl (C=O) groups excluding carboxylic acids is 1. The van der Waals surface area contributed by atoms with Crippen molar-refractivity contribution in [3.8, 4) is 10.6 Å². The van der Waals surface area contributed by atoms with Gasteiger partial charge in [0.1, 0.15) is 26.4 Å². The standard InChI is InChI=1S/C17H15N5OS/c1-9(23)10-4-6-11(7-5-10)16-20-13-14-12(19-8-22(14)3)15(18-2)21-17(13)24-16/h4-8H,1-3H3,(H,18,21). The summed E-state index contributed by atoms with van der Waals surface area (Å²) in [6.07, 6.45) is 1.77. The molecule has 0 spiro atoms. The summed E-state index contributed by atoms with van der Waals surface area (Å²) >= 11 is 1.53. The molecule has 1 N–H and O–H groups in total. The van der Waals surface area contributed by atoms with E-state index >= 15 is 0 Å². The molecule has 4 aromatic rings. The first kappa shape index (κ1) is 14.8. The minimum Gasteiger partial charge on any atom is -0.371 e. The molecule has 0 fully saturated rings. The molecule has 1 aromatic carbocycles. The number of nitrogens with one attached hydrogen (secondary N) is 1. The van der Waals surface area contributed by atoms with Crippen molar-refractivity contribution in [1.82, 2.24) is 19.5 Å². The molecule has 0 atom stereocenters. The fraction of sp³-hybridized carbons (Fsp3) is 0.176. The van der Waals surface area contributed by atoms with E-state index in [1.165, 1.54) is 11.3 Å². The summed E-state index contributed by atoms with van der Waals surface area (Å²) in [5, 5.41) is 3.98. The first-order chi connectivity index (χ1) is 11.6. The molecule has 4 rings (SSSR count). The van der Waals surface area contributed by atoms with Crippen LogP contribution in [0.2, 0.25) is 0 Å². The molecule has 24 heavy (non-hydrogen) atoms. The number of aryl methyl sites for hydroxylation is 1. The normalized spacial score (nSPS) is 11.3. The molecule has 3 heterocycles. The van der Waals surface area contributed by atoms with Crippen molar-refractivity contribution in [3.63, 3.8) is 0 Å². The number of anilines is 1. The van der Waals surface area contributed by atoms with Crippen molar-refractivity contribution in [2.45, 2.75) is 6.92 Å². The molecule has 0 aliphatic rings. The third-order valence-electron chi connectivity index (χ3n) is 3.98. The Morgan fingerprint density at radius 2 is 1.92 bits per heavy atom. The molecule has 0 radical (unpaired) electrons. The molecule has 3 aromatic heterocycles. The Morgan fingerprint density at radius 3 is 2.58 bits per heavy atom. The van der Waals surface area contributed by atoms with Gasteiger partial charge in [-0.1, -0.05) is 35.6 Å². The molecule has 0 saturated heterocycles. The molecule has 0 unspecified atom stereocenters. The smallest absolute Gasteiger partial charge is 0.159 e. The van der Waals surface area contributed by atoms with Gasteiger partial charge in [-0.25, -0.2) is 15.0 Å². The van der Waals surface area contributed by atoms with Gasteiger partial charge in [0, 0.05) is 25.2 Å². The predicted octanol–water partition coefficient (Wildman–Crippen LogP) is 3.49. The van der Waals surface area contributed by atoms with Crippen LogP contribution in [0.1, 0.15) is 17.3 Å². The fourth-order valence-electron chi connectivity index (χ4n) is 2.72. The Kier molecular flexibility index (Phi) is 3.31. The van der Waals surface area contributed by atoms with E-state index in [2.05, 4.69) is 15.3 Å². The molecular formula is C17H15N5OS. The number of nitrogens with zero attached hydrogens (tertiary/aromatic N) is 4. The number of hydrogen-bond acceptors (Lipinski definition) is 6. The van der Waals surface area contributed by atoms with Gasteiger partial charge in [0.05, 0.1) is 6.33 Å². The summed E-state index contributed by atoms with van der Waals surface area (Å²) < 4.78 is 1.96. The number of carbonyl (C=O) groups is 1. The lowest BCUT2D eigenvalue weighted by atomic mass is 10.1. The summed E-state index contributed by atoms with van der Waals surface area (Å²) in [4.78, 5) is 26.1. The molecule has 7 heteroatoms. The summed E-state index contributed by atoms with van der Waals surface area (Å²) in [6.45, 7) is 1.56. The highest BCUT2D eigenvalue weighted by Crippen LogP contribution is 2.35. The van der Waals surface area contributed by atoms with Crippen LogP contribution < -0.4 is 5.32 Å². The average Bonchev–Trinajstić information content (AvgIpc) is 3.17. The highest BCUT2D eigenvalue weighted by molar-refractivity contribution is 7.21. The summed E-state index contributed by atoms with van der Waals surface area (Å²) in [5.74, 6) is 0.808. The number of Topliss-reactive ketones (excluding diaryl/α,β-unsaturated/α-hetero) is 1. The summed E-state index contributed by atoms with van der Waals surface area (Å²) in [6, 6.07) is 7.51. The van der Waals surface area contributed by atoms with Crippen molar-refractivity contribution >= 4 is 44.3 Å². The van der Waals surface area contributed by atoms with Gasteiger partial charge in [-0.3, -0.25) is 4.79 Å². The zero-order valence-corrected chi connectivity index (χ0v) is 14.3. The van der Waals surface area contributed by atoms with Crippen LogP contribution in [0, 0.1) is 0 Å². The second-order valence-corrected chi connectivity index (χ2v) is 6.55. The molecule has 0 bridgehead atoms. The van der Waals surface area contributed by atoms with E-state index in [-0.39, 0.29) is 5.78 Å². The number of pyridine rings is 1. The highest BCUT2D eigenvalue weighted by Gasteiger charge is 2.17. The van der Waals surface area contributed by atoms with E-state index < -0.39 is 0 Å². The Balaban J connectivity index is 1.93. The first-order valence-electron chi connectivity index (χ1n) is 7.49. The van der Waals surface area contributed by atoms with Crippen molar-refractivity contribution in [2.75, 3.05) is 12.4 Å². The number of benzene rings is 1. The van der Waals surface area contributed by atoms with Crippen molar-refractivity contribution in [3.05, 3.63) is 36.2 Å². The van der Waals surface area contributed by atoms with Crippen LogP contribution in [0.15, 0.2) is 30.6 Å². The molecule has 0 aliphatic carbocycles. The van der Waals surface area contributed by atoms with E-state index in [1.807, 2.05) is 42.9 Å². The lowest BCUT2D eigenvalue weighted by Gasteiger charge is -2.01. The fourth-order valence-corrected chi connectivity index (χ4v) is 3.67. The van der Waals surface area contributed by atoms with Crippen LogP contribution in [-0.4, -0.2) is 32.3 Å². The van der Waals surface area contributed by atoms with E-state index in [4.69, 9.17) is 4.98 Å². The van der Waals surface area contributed by atoms with Gasteiger partial charge in [-0.2, -0.15) is 0 Å². The van der Waals surface area contributed by atoms with E-state index in [0.717, 1.165) is 37.8 Å². The van der Waals surface area contributed by atoms with Crippen LogP contribution >= 0.6 is 11.3 Å². The van der Waals surface area contributed by atoms with Crippen molar-refractivity contribution in [1.29, 1.82) is 0 Å². The number of hydrogen-bond donors (Lipinski definition) is 1. The van der Waals surface area contributed by atoms with E-state index in [1.54, 1.807) is 13.3 Å². The average molecular weight is 337 g/mol. The summed E-state index contributed by atoms with van der Waals surface area (Å²) in [5.41, 5.74) is 4.30. The molecule has 0 saturated carbocycles. The van der Waals surface area contributed by atoms with Crippen LogP contribution in [0.4, 0.5) is 5.82 Å². The van der Waals surface area contributed by atoms with E-state index in [0.29, 0.717) is 5.56 Å². The number of thiazole rings is 1. The highest BCUT2D eigenvalue weighted by atomic mass is 32.1. The molecule has 120 valence electrons. The van der Waals surface area contributed by atoms with Crippen LogP contribution in [0.3, 0.4) is 0 Å². The predicted molar refractivity (Wildman–Crippen MR) is 96.7 cm³/mol. The minimum absolute atomic E-state index is 0.0581. The molecular weight excluding hydrogens is 322 g/mol. The van der Waals surface area contributed by atoms with Gasteiger partial charge in [0.15, 0.2) is 11.6 Å². The lowest BCUT2D eigenvalue weighted by Crippen LogP contribution is -1.95. The number of aromatic nitrogens is 4. The number of rotatable bonds is 3. The van der Waals surface area contributed by atoms with Gasteiger partial charge in [0.25, 0.3) is 0 Å². The molecule has 0 aliphatic heterocycles. The van der Waals surface area contributed by atoms with Gasteiger partial charge < -0.3 is 9.88 Å². The Hall–Kier alpha value is -2.80. The quantitative estimate of drug-likeness (QED) is 0.579. The van der Waals surface area contributed by atoms with Gasteiger partial charge in [0.2, 0.25) is 0 Å². The van der Waals surface area contributed by atoms with Crippen molar-refractivity contribution < 1.29 is 4.79 Å².